The van der Waals surface area contributed by atoms with E-state index >= 15 is 0 Å². The van der Waals surface area contributed by atoms with Crippen molar-refractivity contribution in [3.8, 4) is 0 Å². The van der Waals surface area contributed by atoms with Crippen LogP contribution in [0.2, 0.25) is 0 Å². The first-order valence-electron chi connectivity index (χ1n) is 33.0. The molecule has 0 aliphatic heterocycles. The first-order valence-corrected chi connectivity index (χ1v) is 33.0. The normalized spacial score (nSPS) is 12.2. The number of hydrogen-bond acceptors (Lipinski definition) is 6. The van der Waals surface area contributed by atoms with Gasteiger partial charge in [0.2, 0.25) is 0 Å². The average molecular weight is 1040 g/mol. The number of esters is 3. The van der Waals surface area contributed by atoms with Crippen molar-refractivity contribution >= 4 is 17.9 Å². The van der Waals surface area contributed by atoms with Gasteiger partial charge in [0, 0.05) is 19.3 Å². The van der Waals surface area contributed by atoms with Gasteiger partial charge in [0.15, 0.2) is 6.10 Å². The largest absolute Gasteiger partial charge is 0.462 e. The maximum absolute atomic E-state index is 12.9. The summed E-state index contributed by atoms with van der Waals surface area (Å²) in [4.78, 5) is 38.4. The lowest BCUT2D eigenvalue weighted by Crippen LogP contribution is -2.30. The van der Waals surface area contributed by atoms with E-state index in [1.807, 2.05) is 0 Å². The Morgan fingerprint density at radius 2 is 0.486 bits per heavy atom. The number of hydrogen-bond donors (Lipinski definition) is 0. The molecule has 0 fully saturated rings. The van der Waals surface area contributed by atoms with Gasteiger partial charge >= 0.3 is 17.9 Å². The highest BCUT2D eigenvalue weighted by Crippen LogP contribution is 2.18. The van der Waals surface area contributed by atoms with Crippen LogP contribution in [0.1, 0.15) is 361 Å². The molecular formula is C68H126O6. The van der Waals surface area contributed by atoms with E-state index in [2.05, 4.69) is 57.2 Å². The molecule has 0 saturated heterocycles. The van der Waals surface area contributed by atoms with Gasteiger partial charge in [-0.2, -0.15) is 0 Å². The van der Waals surface area contributed by atoms with Gasteiger partial charge in [0.05, 0.1) is 0 Å². The fourth-order valence-electron chi connectivity index (χ4n) is 9.92. The van der Waals surface area contributed by atoms with Crippen molar-refractivity contribution in [2.45, 2.75) is 367 Å². The molecule has 0 aromatic carbocycles. The van der Waals surface area contributed by atoms with Gasteiger partial charge in [-0.15, -0.1) is 0 Å². The van der Waals surface area contributed by atoms with E-state index < -0.39 is 6.10 Å². The zero-order valence-electron chi connectivity index (χ0n) is 49.9. The molecule has 74 heavy (non-hydrogen) atoms. The maximum Gasteiger partial charge on any atom is 0.306 e. The van der Waals surface area contributed by atoms with Gasteiger partial charge in [-0.25, -0.2) is 0 Å². The summed E-state index contributed by atoms with van der Waals surface area (Å²) in [6.45, 7) is 6.69. The van der Waals surface area contributed by atoms with E-state index in [4.69, 9.17) is 14.2 Å². The fourth-order valence-corrected chi connectivity index (χ4v) is 9.92. The molecule has 434 valence electrons. The molecule has 1 atom stereocenters. The number of ether oxygens (including phenoxy) is 3. The highest BCUT2D eigenvalue weighted by Gasteiger charge is 2.19. The van der Waals surface area contributed by atoms with Crippen LogP contribution in [0.15, 0.2) is 36.5 Å². The Morgan fingerprint density at radius 1 is 0.270 bits per heavy atom. The second kappa shape index (κ2) is 63.2. The number of rotatable bonds is 61. The SMILES string of the molecule is CCCCCCC/C=C\C/C=C\C/C=C\CCCCCCCCC(=O)OCC(COC(=O)CCCCCCCCCCCCCCCCCC)OC(=O)CCCCCCCCCCCCCCCCCCCCC. The molecule has 0 bridgehead atoms. The van der Waals surface area contributed by atoms with Gasteiger partial charge in [-0.05, 0) is 57.8 Å². The first-order chi connectivity index (χ1) is 36.5. The molecule has 0 aromatic heterocycles. The van der Waals surface area contributed by atoms with Crippen molar-refractivity contribution in [3.05, 3.63) is 36.5 Å². The Kier molecular flexibility index (Phi) is 61.1. The van der Waals surface area contributed by atoms with Crippen molar-refractivity contribution in [2.75, 3.05) is 13.2 Å². The number of unbranched alkanes of at least 4 members (excludes halogenated alkanes) is 44. The maximum atomic E-state index is 12.9. The van der Waals surface area contributed by atoms with Crippen molar-refractivity contribution in [2.24, 2.45) is 0 Å². The Morgan fingerprint density at radius 3 is 0.757 bits per heavy atom. The highest BCUT2D eigenvalue weighted by atomic mass is 16.6. The molecule has 0 amide bonds. The summed E-state index contributed by atoms with van der Waals surface area (Å²) >= 11 is 0. The lowest BCUT2D eigenvalue weighted by atomic mass is 10.0. The molecule has 1 unspecified atom stereocenters. The van der Waals surface area contributed by atoms with Crippen molar-refractivity contribution < 1.29 is 28.6 Å². The summed E-state index contributed by atoms with van der Waals surface area (Å²) in [5, 5.41) is 0. The zero-order valence-corrected chi connectivity index (χ0v) is 49.9. The topological polar surface area (TPSA) is 78.9 Å². The molecule has 0 saturated carbocycles. The number of carbonyl (C=O) groups is 3. The summed E-state index contributed by atoms with van der Waals surface area (Å²) in [6, 6.07) is 0. The van der Waals surface area contributed by atoms with Crippen LogP contribution in [0, 0.1) is 0 Å². The van der Waals surface area contributed by atoms with E-state index in [9.17, 15) is 14.4 Å². The van der Waals surface area contributed by atoms with Gasteiger partial charge in [0.25, 0.3) is 0 Å². The lowest BCUT2D eigenvalue weighted by Gasteiger charge is -2.18. The predicted octanol–water partition coefficient (Wildman–Crippen LogP) is 22.4. The molecule has 6 heteroatoms. The van der Waals surface area contributed by atoms with Crippen LogP contribution in [-0.2, 0) is 28.6 Å². The molecule has 0 heterocycles. The van der Waals surface area contributed by atoms with Crippen LogP contribution in [0.3, 0.4) is 0 Å². The van der Waals surface area contributed by atoms with E-state index in [0.29, 0.717) is 19.3 Å². The summed E-state index contributed by atoms with van der Waals surface area (Å²) in [6.07, 6.45) is 77.2. The van der Waals surface area contributed by atoms with Gasteiger partial charge in [0.1, 0.15) is 13.2 Å². The van der Waals surface area contributed by atoms with E-state index in [-0.39, 0.29) is 31.1 Å². The Balaban J connectivity index is 4.34. The second-order valence-electron chi connectivity index (χ2n) is 22.4. The second-order valence-corrected chi connectivity index (χ2v) is 22.4. The van der Waals surface area contributed by atoms with E-state index in [1.165, 1.54) is 244 Å². The highest BCUT2D eigenvalue weighted by molar-refractivity contribution is 5.71. The van der Waals surface area contributed by atoms with Gasteiger partial charge < -0.3 is 14.2 Å². The smallest absolute Gasteiger partial charge is 0.306 e. The Hall–Kier alpha value is -2.37. The minimum Gasteiger partial charge on any atom is -0.462 e. The van der Waals surface area contributed by atoms with Crippen molar-refractivity contribution in [1.29, 1.82) is 0 Å². The van der Waals surface area contributed by atoms with Crippen molar-refractivity contribution in [3.63, 3.8) is 0 Å². The van der Waals surface area contributed by atoms with E-state index in [1.54, 1.807) is 0 Å². The summed E-state index contributed by atoms with van der Waals surface area (Å²) < 4.78 is 17.0. The molecule has 0 radical (unpaired) electrons. The van der Waals surface area contributed by atoms with Crippen LogP contribution in [-0.4, -0.2) is 37.2 Å². The zero-order chi connectivity index (χ0) is 53.6. The summed E-state index contributed by atoms with van der Waals surface area (Å²) in [5.74, 6) is -0.856. The molecule has 0 aromatic rings. The molecule has 0 rings (SSSR count). The Labute approximate surface area is 461 Å². The van der Waals surface area contributed by atoms with Gasteiger partial charge in [-0.3, -0.25) is 14.4 Å². The molecule has 0 aliphatic carbocycles. The minimum atomic E-state index is -0.775. The number of allylic oxidation sites excluding steroid dienone is 6. The molecular weight excluding hydrogens is 913 g/mol. The molecule has 0 aliphatic rings. The van der Waals surface area contributed by atoms with E-state index in [0.717, 1.165) is 77.0 Å². The van der Waals surface area contributed by atoms with Crippen LogP contribution < -0.4 is 0 Å². The van der Waals surface area contributed by atoms with Crippen LogP contribution in [0.25, 0.3) is 0 Å². The standard InChI is InChI=1S/C68H126O6/c1-4-7-10-13-16-19-22-25-28-31-33-34-36-37-40-43-46-49-52-55-58-61-67(70)73-64-65(63-72-66(69)60-57-54-51-48-45-42-39-30-27-24-21-18-15-12-9-6-3)74-68(71)62-59-56-53-50-47-44-41-38-35-32-29-26-23-20-17-14-11-8-5-2/h22,25,31,33,36-37,65H,4-21,23-24,26-30,32,34-35,38-64H2,1-3H3/b25-22-,33-31-,37-36-. The third-order valence-electron chi connectivity index (χ3n) is 14.9. The number of carbonyl (C=O) groups excluding carboxylic acids is 3. The van der Waals surface area contributed by atoms with Crippen LogP contribution in [0.4, 0.5) is 0 Å². The minimum absolute atomic E-state index is 0.0707. The third-order valence-corrected chi connectivity index (χ3v) is 14.9. The summed E-state index contributed by atoms with van der Waals surface area (Å²) in [7, 11) is 0. The fraction of sp³-hybridized carbons (Fsp3) is 0.868. The molecule has 0 spiro atoms. The van der Waals surface area contributed by atoms with Crippen LogP contribution >= 0.6 is 0 Å². The quantitative estimate of drug-likeness (QED) is 0.0261. The summed E-state index contributed by atoms with van der Waals surface area (Å²) in [5.41, 5.74) is 0. The monoisotopic (exact) mass is 1040 g/mol. The van der Waals surface area contributed by atoms with Gasteiger partial charge in [-0.1, -0.05) is 320 Å². The third kappa shape index (κ3) is 60.5. The molecule has 6 nitrogen and oxygen atoms in total. The average Bonchev–Trinajstić information content (AvgIpc) is 3.40. The first kappa shape index (κ1) is 71.6. The predicted molar refractivity (Wildman–Crippen MR) is 321 cm³/mol. The van der Waals surface area contributed by atoms with Crippen molar-refractivity contribution in [1.82, 2.24) is 0 Å². The molecule has 0 N–H and O–H groups in total. The van der Waals surface area contributed by atoms with Crippen LogP contribution in [0.5, 0.6) is 0 Å². The lowest BCUT2D eigenvalue weighted by molar-refractivity contribution is -0.167. The Bertz CT molecular complexity index is 1240.